The van der Waals surface area contributed by atoms with Gasteiger partial charge in [0.05, 0.1) is 5.75 Å². The van der Waals surface area contributed by atoms with Crippen molar-refractivity contribution < 1.29 is 22.8 Å². The molecule has 0 amide bonds. The summed E-state index contributed by atoms with van der Waals surface area (Å²) in [5.41, 5.74) is -0.179. The molecule has 1 aliphatic rings. The van der Waals surface area contributed by atoms with Crippen LogP contribution in [-0.2, 0) is 22.8 Å². The SMILES string of the molecule is CCC1(OC(=O)CSCCC[Si](OC)(OC)OC)CCCC1. The number of hydrogen-bond acceptors (Lipinski definition) is 6. The molecule has 0 radical (unpaired) electrons. The maximum absolute atomic E-state index is 12.0. The number of carbonyl (C=O) groups is 1. The molecule has 0 N–H and O–H groups in total. The van der Waals surface area contributed by atoms with Crippen molar-refractivity contribution in [2.75, 3.05) is 32.8 Å². The van der Waals surface area contributed by atoms with E-state index in [4.69, 9.17) is 18.0 Å². The molecule has 0 atom stereocenters. The Kier molecular flexibility index (Phi) is 9.00. The summed E-state index contributed by atoms with van der Waals surface area (Å²) in [7, 11) is 2.39. The molecule has 1 saturated carbocycles. The molecule has 0 spiro atoms. The topological polar surface area (TPSA) is 54.0 Å². The normalized spacial score (nSPS) is 17.6. The number of hydrogen-bond donors (Lipinski definition) is 0. The Morgan fingerprint density at radius 3 is 2.23 bits per heavy atom. The highest BCUT2D eigenvalue weighted by Crippen LogP contribution is 2.36. The minimum atomic E-state index is -2.47. The zero-order valence-electron chi connectivity index (χ0n) is 14.3. The molecule has 7 heteroatoms. The standard InChI is InChI=1S/C15H30O5SSi/c1-5-15(9-6-7-10-15)20-14(16)13-21-11-8-12-22(17-2,18-3)19-4/h5-13H2,1-4H3. The van der Waals surface area contributed by atoms with Crippen LogP contribution in [0.4, 0.5) is 0 Å². The maximum Gasteiger partial charge on any atom is 0.500 e. The average Bonchev–Trinajstić information content (AvgIpc) is 3.00. The lowest BCUT2D eigenvalue weighted by Gasteiger charge is -2.27. The Hall–Kier alpha value is -0.0831. The fourth-order valence-electron chi connectivity index (χ4n) is 2.92. The first-order chi connectivity index (χ1) is 10.6. The van der Waals surface area contributed by atoms with Gasteiger partial charge >= 0.3 is 14.8 Å². The third kappa shape index (κ3) is 5.85. The van der Waals surface area contributed by atoms with Crippen LogP contribution in [0.1, 0.15) is 45.4 Å². The monoisotopic (exact) mass is 350 g/mol. The number of esters is 1. The molecule has 1 rings (SSSR count). The second-order valence-corrected chi connectivity index (χ2v) is 9.87. The van der Waals surface area contributed by atoms with Crippen LogP contribution < -0.4 is 0 Å². The summed E-state index contributed by atoms with van der Waals surface area (Å²) < 4.78 is 21.9. The van der Waals surface area contributed by atoms with Crippen LogP contribution in [-0.4, -0.2) is 53.2 Å². The van der Waals surface area contributed by atoms with Crippen LogP contribution in [0, 0.1) is 0 Å². The van der Waals surface area contributed by atoms with Crippen LogP contribution in [0.2, 0.25) is 6.04 Å². The van der Waals surface area contributed by atoms with Gasteiger partial charge < -0.3 is 18.0 Å². The number of ether oxygens (including phenoxy) is 1. The van der Waals surface area contributed by atoms with Gasteiger partial charge in [0, 0.05) is 27.4 Å². The highest BCUT2D eigenvalue weighted by Gasteiger charge is 2.37. The molecular formula is C15H30O5SSi. The van der Waals surface area contributed by atoms with Crippen molar-refractivity contribution in [2.45, 2.75) is 57.1 Å². The van der Waals surface area contributed by atoms with Gasteiger partial charge in [-0.05, 0) is 44.3 Å². The Morgan fingerprint density at radius 2 is 1.73 bits per heavy atom. The predicted molar refractivity (Wildman–Crippen MR) is 91.1 cm³/mol. The van der Waals surface area contributed by atoms with Crippen molar-refractivity contribution in [1.82, 2.24) is 0 Å². The van der Waals surface area contributed by atoms with E-state index in [1.165, 1.54) is 12.8 Å². The summed E-state index contributed by atoms with van der Waals surface area (Å²) in [6.45, 7) is 2.11. The van der Waals surface area contributed by atoms with Gasteiger partial charge in [-0.15, -0.1) is 0 Å². The Morgan fingerprint density at radius 1 is 1.14 bits per heavy atom. The van der Waals surface area contributed by atoms with Crippen molar-refractivity contribution >= 4 is 26.5 Å². The molecule has 0 aliphatic heterocycles. The summed E-state index contributed by atoms with van der Waals surface area (Å²) >= 11 is 1.61. The van der Waals surface area contributed by atoms with E-state index in [0.717, 1.165) is 37.5 Å². The highest BCUT2D eigenvalue weighted by molar-refractivity contribution is 7.99. The maximum atomic E-state index is 12.0. The minimum absolute atomic E-state index is 0.0810. The van der Waals surface area contributed by atoms with Gasteiger partial charge in [-0.3, -0.25) is 4.79 Å². The van der Waals surface area contributed by atoms with Crippen LogP contribution in [0.3, 0.4) is 0 Å². The van der Waals surface area contributed by atoms with Crippen LogP contribution in [0.25, 0.3) is 0 Å². The smallest absolute Gasteiger partial charge is 0.458 e. The van der Waals surface area contributed by atoms with E-state index < -0.39 is 8.80 Å². The van der Waals surface area contributed by atoms with Gasteiger partial charge in [-0.1, -0.05) is 6.92 Å². The van der Waals surface area contributed by atoms with E-state index in [-0.39, 0.29) is 11.6 Å². The molecule has 0 aromatic carbocycles. The molecule has 5 nitrogen and oxygen atoms in total. The zero-order valence-corrected chi connectivity index (χ0v) is 16.1. The van der Waals surface area contributed by atoms with E-state index in [2.05, 4.69) is 6.92 Å². The highest BCUT2D eigenvalue weighted by atomic mass is 32.2. The molecular weight excluding hydrogens is 320 g/mol. The first-order valence-corrected chi connectivity index (χ1v) is 11.1. The Balaban J connectivity index is 2.20. The second-order valence-electron chi connectivity index (χ2n) is 5.67. The van der Waals surface area contributed by atoms with Crippen LogP contribution in [0.15, 0.2) is 0 Å². The van der Waals surface area contributed by atoms with Crippen molar-refractivity contribution in [2.24, 2.45) is 0 Å². The molecule has 22 heavy (non-hydrogen) atoms. The predicted octanol–water partition coefficient (Wildman–Crippen LogP) is 3.25. The molecule has 0 aromatic rings. The summed E-state index contributed by atoms with van der Waals surface area (Å²) in [4.78, 5) is 12.0. The van der Waals surface area contributed by atoms with Gasteiger partial charge in [0.15, 0.2) is 0 Å². The number of thioether (sulfide) groups is 1. The van der Waals surface area contributed by atoms with E-state index >= 15 is 0 Å². The van der Waals surface area contributed by atoms with E-state index in [0.29, 0.717) is 5.75 Å². The fraction of sp³-hybridized carbons (Fsp3) is 0.933. The molecule has 0 bridgehead atoms. The summed E-state index contributed by atoms with van der Waals surface area (Å²) in [5, 5.41) is 0. The Labute approximate surface area is 139 Å². The summed E-state index contributed by atoms with van der Waals surface area (Å²) in [6, 6.07) is 0.761. The van der Waals surface area contributed by atoms with E-state index in [1.807, 2.05) is 0 Å². The second kappa shape index (κ2) is 9.92. The largest absolute Gasteiger partial charge is 0.500 e. The number of carbonyl (C=O) groups excluding carboxylic acids is 1. The first-order valence-electron chi connectivity index (χ1n) is 8.00. The van der Waals surface area contributed by atoms with E-state index in [9.17, 15) is 4.79 Å². The molecule has 0 aromatic heterocycles. The molecule has 130 valence electrons. The lowest BCUT2D eigenvalue weighted by Crippen LogP contribution is -2.42. The van der Waals surface area contributed by atoms with Gasteiger partial charge in [0.2, 0.25) is 0 Å². The Bertz CT molecular complexity index is 322. The van der Waals surface area contributed by atoms with Crippen molar-refractivity contribution in [3.8, 4) is 0 Å². The third-order valence-corrected chi connectivity index (χ3v) is 8.26. The van der Waals surface area contributed by atoms with E-state index in [1.54, 1.807) is 33.1 Å². The van der Waals surface area contributed by atoms with Gasteiger partial charge in [-0.25, -0.2) is 0 Å². The van der Waals surface area contributed by atoms with Gasteiger partial charge in [0.1, 0.15) is 5.60 Å². The van der Waals surface area contributed by atoms with Crippen LogP contribution >= 0.6 is 11.8 Å². The summed E-state index contributed by atoms with van der Waals surface area (Å²) in [6.07, 6.45) is 6.21. The van der Waals surface area contributed by atoms with Crippen molar-refractivity contribution in [1.29, 1.82) is 0 Å². The third-order valence-electron chi connectivity index (χ3n) is 4.41. The first kappa shape index (κ1) is 20.0. The lowest BCUT2D eigenvalue weighted by molar-refractivity contribution is -0.156. The summed E-state index contributed by atoms with van der Waals surface area (Å²) in [5.74, 6) is 1.21. The molecule has 1 aliphatic carbocycles. The molecule has 0 saturated heterocycles. The number of rotatable bonds is 11. The zero-order chi connectivity index (χ0) is 16.5. The quantitative estimate of drug-likeness (QED) is 0.324. The average molecular weight is 351 g/mol. The molecule has 0 unspecified atom stereocenters. The van der Waals surface area contributed by atoms with Crippen LogP contribution in [0.5, 0.6) is 0 Å². The molecule has 1 fully saturated rings. The fourth-order valence-corrected chi connectivity index (χ4v) is 5.62. The van der Waals surface area contributed by atoms with Gasteiger partial charge in [0.25, 0.3) is 0 Å². The lowest BCUT2D eigenvalue weighted by atomic mass is 9.99. The minimum Gasteiger partial charge on any atom is -0.458 e. The van der Waals surface area contributed by atoms with Crippen molar-refractivity contribution in [3.05, 3.63) is 0 Å². The molecule has 0 heterocycles. The van der Waals surface area contributed by atoms with Gasteiger partial charge in [-0.2, -0.15) is 11.8 Å². The van der Waals surface area contributed by atoms with Crippen molar-refractivity contribution in [3.63, 3.8) is 0 Å².